The smallest absolute Gasteiger partial charge is 0.317 e. The van der Waals surface area contributed by atoms with Crippen molar-refractivity contribution < 1.29 is 19.1 Å². The lowest BCUT2D eigenvalue weighted by Crippen LogP contribution is -2.47. The molecule has 124 valence electrons. The highest BCUT2D eigenvalue weighted by molar-refractivity contribution is 9.10. The number of likely N-dealkylation sites (tertiary alicyclic amines) is 1. The Morgan fingerprint density at radius 2 is 2.17 bits per heavy atom. The normalized spacial score (nSPS) is 26.7. The number of carbonyl (C=O) groups excluding carboxylic acids is 1. The summed E-state index contributed by atoms with van der Waals surface area (Å²) < 4.78 is 14.0. The monoisotopic (exact) mass is 384 g/mol. The van der Waals surface area contributed by atoms with Gasteiger partial charge in [-0.15, -0.1) is 0 Å². The number of piperidine rings is 1. The number of halogens is 2. The van der Waals surface area contributed by atoms with Crippen molar-refractivity contribution in [2.75, 3.05) is 13.1 Å². The van der Waals surface area contributed by atoms with Crippen LogP contribution in [-0.4, -0.2) is 41.1 Å². The first-order valence-electron chi connectivity index (χ1n) is 7.69. The van der Waals surface area contributed by atoms with Gasteiger partial charge in [0.2, 0.25) is 0 Å². The number of aliphatic carboxylic acids is 1. The Kier molecular flexibility index (Phi) is 4.57. The van der Waals surface area contributed by atoms with E-state index in [9.17, 15) is 14.0 Å². The second kappa shape index (κ2) is 6.47. The average Bonchev–Trinajstić information content (AvgIpc) is 3.29. The van der Waals surface area contributed by atoms with Gasteiger partial charge in [-0.2, -0.15) is 0 Å². The van der Waals surface area contributed by atoms with E-state index in [0.29, 0.717) is 23.9 Å². The third-order valence-corrected chi connectivity index (χ3v) is 5.17. The van der Waals surface area contributed by atoms with Gasteiger partial charge in [0, 0.05) is 25.0 Å². The maximum atomic E-state index is 13.6. The Balaban J connectivity index is 1.55. The molecule has 1 saturated carbocycles. The van der Waals surface area contributed by atoms with E-state index in [1.165, 1.54) is 6.07 Å². The van der Waals surface area contributed by atoms with Crippen LogP contribution in [0.25, 0.3) is 0 Å². The molecule has 2 aliphatic rings. The molecule has 0 spiro atoms. The summed E-state index contributed by atoms with van der Waals surface area (Å²) in [6.45, 7) is 0.839. The molecule has 1 aromatic rings. The summed E-state index contributed by atoms with van der Waals surface area (Å²) in [7, 11) is 0. The minimum Gasteiger partial charge on any atom is -0.481 e. The van der Waals surface area contributed by atoms with Gasteiger partial charge in [0.1, 0.15) is 5.82 Å². The molecular formula is C16H18BrFN2O3. The molecule has 1 unspecified atom stereocenters. The number of nitrogens with one attached hydrogen (secondary N) is 1. The SMILES string of the molecule is O=C(O)C1CCCN(C(=O)N[C@@H]2C[C@H]2c2ccc(Br)c(F)c2)C1. The van der Waals surface area contributed by atoms with Gasteiger partial charge in [0.25, 0.3) is 0 Å². The Morgan fingerprint density at radius 1 is 1.39 bits per heavy atom. The quantitative estimate of drug-likeness (QED) is 0.841. The van der Waals surface area contributed by atoms with Gasteiger partial charge < -0.3 is 15.3 Å². The van der Waals surface area contributed by atoms with E-state index >= 15 is 0 Å². The summed E-state index contributed by atoms with van der Waals surface area (Å²) in [4.78, 5) is 24.9. The summed E-state index contributed by atoms with van der Waals surface area (Å²) in [5, 5.41) is 12.0. The Bertz CT molecular complexity index is 640. The van der Waals surface area contributed by atoms with Crippen molar-refractivity contribution >= 4 is 27.9 Å². The number of amides is 2. The fourth-order valence-corrected chi connectivity index (χ4v) is 3.33. The Labute approximate surface area is 142 Å². The van der Waals surface area contributed by atoms with Crippen LogP contribution < -0.4 is 5.32 Å². The number of hydrogen-bond acceptors (Lipinski definition) is 2. The zero-order valence-electron chi connectivity index (χ0n) is 12.5. The highest BCUT2D eigenvalue weighted by atomic mass is 79.9. The topological polar surface area (TPSA) is 69.6 Å². The number of carboxylic acids is 1. The number of nitrogens with zero attached hydrogens (tertiary/aromatic N) is 1. The largest absolute Gasteiger partial charge is 0.481 e. The first-order valence-corrected chi connectivity index (χ1v) is 8.48. The summed E-state index contributed by atoms with van der Waals surface area (Å²) in [6.07, 6.45) is 2.10. The molecule has 3 rings (SSSR count). The first-order chi connectivity index (χ1) is 11.0. The predicted molar refractivity (Wildman–Crippen MR) is 85.7 cm³/mol. The van der Waals surface area contributed by atoms with E-state index in [-0.39, 0.29) is 30.4 Å². The predicted octanol–water partition coefficient (Wildman–Crippen LogP) is 2.95. The number of benzene rings is 1. The first kappa shape index (κ1) is 16.2. The lowest BCUT2D eigenvalue weighted by atomic mass is 9.99. The van der Waals surface area contributed by atoms with Crippen molar-refractivity contribution in [3.63, 3.8) is 0 Å². The van der Waals surface area contributed by atoms with Crippen molar-refractivity contribution in [3.05, 3.63) is 34.1 Å². The van der Waals surface area contributed by atoms with Crippen LogP contribution in [0.1, 0.15) is 30.7 Å². The van der Waals surface area contributed by atoms with Crippen molar-refractivity contribution in [3.8, 4) is 0 Å². The summed E-state index contributed by atoms with van der Waals surface area (Å²) >= 11 is 3.12. The molecule has 2 fully saturated rings. The molecule has 2 amide bonds. The van der Waals surface area contributed by atoms with Crippen LogP contribution in [-0.2, 0) is 4.79 Å². The molecule has 1 aliphatic heterocycles. The minimum absolute atomic E-state index is 0.00622. The number of rotatable bonds is 3. The van der Waals surface area contributed by atoms with Crippen molar-refractivity contribution in [2.45, 2.75) is 31.2 Å². The van der Waals surface area contributed by atoms with Gasteiger partial charge >= 0.3 is 12.0 Å². The van der Waals surface area contributed by atoms with Crippen LogP contribution >= 0.6 is 15.9 Å². The second-order valence-corrected chi connectivity index (χ2v) is 7.05. The fourth-order valence-electron chi connectivity index (χ4n) is 3.08. The zero-order chi connectivity index (χ0) is 16.6. The van der Waals surface area contributed by atoms with Crippen LogP contribution in [0.5, 0.6) is 0 Å². The lowest BCUT2D eigenvalue weighted by Gasteiger charge is -2.30. The molecule has 23 heavy (non-hydrogen) atoms. The molecule has 1 saturated heterocycles. The van der Waals surface area contributed by atoms with Crippen LogP contribution in [0.15, 0.2) is 22.7 Å². The van der Waals surface area contributed by atoms with Crippen molar-refractivity contribution in [1.29, 1.82) is 0 Å². The average molecular weight is 385 g/mol. The van der Waals surface area contributed by atoms with E-state index < -0.39 is 11.9 Å². The molecule has 7 heteroatoms. The van der Waals surface area contributed by atoms with E-state index in [1.807, 2.05) is 6.07 Å². The molecule has 0 radical (unpaired) electrons. The Morgan fingerprint density at radius 3 is 2.87 bits per heavy atom. The highest BCUT2D eigenvalue weighted by Gasteiger charge is 2.41. The second-order valence-electron chi connectivity index (χ2n) is 6.20. The molecule has 0 aromatic heterocycles. The van der Waals surface area contributed by atoms with E-state index in [0.717, 1.165) is 12.0 Å². The molecule has 1 aliphatic carbocycles. The number of carboxylic acid groups (broad SMARTS) is 1. The van der Waals surface area contributed by atoms with E-state index in [4.69, 9.17) is 5.11 Å². The van der Waals surface area contributed by atoms with Gasteiger partial charge in [-0.05, 0) is 52.9 Å². The molecule has 1 heterocycles. The Hall–Kier alpha value is -1.63. The molecular weight excluding hydrogens is 367 g/mol. The van der Waals surface area contributed by atoms with E-state index in [1.54, 1.807) is 11.0 Å². The van der Waals surface area contributed by atoms with E-state index in [2.05, 4.69) is 21.2 Å². The maximum absolute atomic E-state index is 13.6. The van der Waals surface area contributed by atoms with Crippen LogP contribution in [0, 0.1) is 11.7 Å². The maximum Gasteiger partial charge on any atom is 0.317 e. The standard InChI is InChI=1S/C16H18BrFN2O3/c17-12-4-3-9(6-13(12)18)11-7-14(11)19-16(23)20-5-1-2-10(8-20)15(21)22/h3-4,6,10-11,14H,1-2,5,7-8H2,(H,19,23)(H,21,22)/t10?,11-,14+/m0/s1. The van der Waals surface area contributed by atoms with Gasteiger partial charge in [0.05, 0.1) is 10.4 Å². The fraction of sp³-hybridized carbons (Fsp3) is 0.500. The van der Waals surface area contributed by atoms with Gasteiger partial charge in [0.15, 0.2) is 0 Å². The molecule has 1 aromatic carbocycles. The number of carbonyl (C=O) groups is 2. The van der Waals surface area contributed by atoms with Crippen molar-refractivity contribution in [2.24, 2.45) is 5.92 Å². The van der Waals surface area contributed by atoms with Gasteiger partial charge in [-0.1, -0.05) is 6.07 Å². The molecule has 5 nitrogen and oxygen atoms in total. The van der Waals surface area contributed by atoms with Crippen LogP contribution in [0.2, 0.25) is 0 Å². The molecule has 0 bridgehead atoms. The lowest BCUT2D eigenvalue weighted by molar-refractivity contribution is -0.143. The molecule has 2 N–H and O–H groups in total. The van der Waals surface area contributed by atoms with Crippen molar-refractivity contribution in [1.82, 2.24) is 10.2 Å². The van der Waals surface area contributed by atoms with Gasteiger partial charge in [-0.3, -0.25) is 4.79 Å². The molecule has 3 atom stereocenters. The number of hydrogen-bond donors (Lipinski definition) is 2. The summed E-state index contributed by atoms with van der Waals surface area (Å²) in [5.74, 6) is -1.51. The summed E-state index contributed by atoms with van der Waals surface area (Å²) in [6, 6.07) is 4.78. The van der Waals surface area contributed by atoms with Crippen LogP contribution in [0.4, 0.5) is 9.18 Å². The third-order valence-electron chi connectivity index (χ3n) is 4.53. The number of urea groups is 1. The van der Waals surface area contributed by atoms with Crippen LogP contribution in [0.3, 0.4) is 0 Å². The third kappa shape index (κ3) is 3.65. The minimum atomic E-state index is -0.850. The van der Waals surface area contributed by atoms with Gasteiger partial charge in [-0.25, -0.2) is 9.18 Å². The summed E-state index contributed by atoms with van der Waals surface area (Å²) in [5.41, 5.74) is 0.873. The zero-order valence-corrected chi connectivity index (χ0v) is 14.1. The highest BCUT2D eigenvalue weighted by Crippen LogP contribution is 2.41.